The average molecular weight is 513 g/mol. The molecule has 1 N–H and O–H groups in total. The number of H-pyrrole nitrogens is 1. The lowest BCUT2D eigenvalue weighted by atomic mass is 10.0. The lowest BCUT2D eigenvalue weighted by Gasteiger charge is -2.22. The summed E-state index contributed by atoms with van der Waals surface area (Å²) >= 11 is 0. The molecular formula is C29H29FN6O2. The van der Waals surface area contributed by atoms with Crippen LogP contribution in [0.4, 0.5) is 4.39 Å². The van der Waals surface area contributed by atoms with Gasteiger partial charge in [0.05, 0.1) is 20.2 Å². The monoisotopic (exact) mass is 512 g/mol. The maximum Gasteiger partial charge on any atom is 0.252 e. The van der Waals surface area contributed by atoms with Crippen LogP contribution < -0.4 is 10.3 Å². The average Bonchev–Trinajstić information content (AvgIpc) is 3.33. The fourth-order valence-corrected chi connectivity index (χ4v) is 4.46. The van der Waals surface area contributed by atoms with Crippen molar-refractivity contribution >= 4 is 10.9 Å². The van der Waals surface area contributed by atoms with E-state index in [1.165, 1.54) is 12.1 Å². The number of nitrogens with one attached hydrogen (secondary N) is 1. The number of benzene rings is 3. The highest BCUT2D eigenvalue weighted by Gasteiger charge is 2.16. The standard InChI is InChI=1S/C29H29FN6O2/c1-19-12-23-14-24(29(37)31-27(23)13-20(19)2)17-35(15-21-4-8-25(30)9-5-21)18-28-32-33-34-36(28)16-22-6-10-26(38-3)11-7-22/h4-14H,15-18H2,1-3H3,(H,31,37). The molecule has 5 rings (SSSR count). The highest BCUT2D eigenvalue weighted by molar-refractivity contribution is 5.80. The smallest absolute Gasteiger partial charge is 0.252 e. The van der Waals surface area contributed by atoms with Crippen molar-refractivity contribution in [2.75, 3.05) is 7.11 Å². The molecule has 0 radical (unpaired) electrons. The predicted molar refractivity (Wildman–Crippen MR) is 143 cm³/mol. The van der Waals surface area contributed by atoms with Gasteiger partial charge in [0.1, 0.15) is 11.6 Å². The topological polar surface area (TPSA) is 88.9 Å². The van der Waals surface area contributed by atoms with Crippen LogP contribution in [-0.2, 0) is 26.2 Å². The zero-order chi connectivity index (χ0) is 26.6. The summed E-state index contributed by atoms with van der Waals surface area (Å²) in [7, 11) is 1.63. The Labute approximate surface area is 219 Å². The van der Waals surface area contributed by atoms with Gasteiger partial charge in [-0.05, 0) is 94.4 Å². The Kier molecular flexibility index (Phi) is 7.28. The molecule has 9 heteroatoms. The van der Waals surface area contributed by atoms with Gasteiger partial charge in [-0.25, -0.2) is 9.07 Å². The number of pyridine rings is 1. The van der Waals surface area contributed by atoms with Crippen LogP contribution in [0.15, 0.2) is 71.5 Å². The van der Waals surface area contributed by atoms with Crippen molar-refractivity contribution < 1.29 is 9.13 Å². The van der Waals surface area contributed by atoms with Crippen molar-refractivity contribution in [1.82, 2.24) is 30.1 Å². The number of aromatic nitrogens is 5. The van der Waals surface area contributed by atoms with E-state index in [1.807, 2.05) is 43.3 Å². The number of ether oxygens (including phenoxy) is 1. The summed E-state index contributed by atoms with van der Waals surface area (Å²) in [5, 5.41) is 13.3. The molecule has 0 bridgehead atoms. The molecule has 0 aliphatic rings. The van der Waals surface area contributed by atoms with Gasteiger partial charge in [0, 0.05) is 24.2 Å². The first kappa shape index (κ1) is 25.3. The molecule has 3 aromatic carbocycles. The maximum atomic E-state index is 13.5. The van der Waals surface area contributed by atoms with Crippen LogP contribution >= 0.6 is 0 Å². The summed E-state index contributed by atoms with van der Waals surface area (Å²) in [6.45, 7) is 5.83. The van der Waals surface area contributed by atoms with Gasteiger partial charge < -0.3 is 9.72 Å². The van der Waals surface area contributed by atoms with E-state index in [4.69, 9.17) is 4.74 Å². The Bertz CT molecular complexity index is 1610. The molecule has 2 heterocycles. The second kappa shape index (κ2) is 10.9. The van der Waals surface area contributed by atoms with E-state index in [0.717, 1.165) is 38.9 Å². The van der Waals surface area contributed by atoms with E-state index >= 15 is 0 Å². The SMILES string of the molecule is COc1ccc(Cn2nnnc2CN(Cc2ccc(F)cc2)Cc2cc3cc(C)c(C)cc3[nH]c2=O)cc1. The number of aromatic amines is 1. The van der Waals surface area contributed by atoms with Crippen molar-refractivity contribution in [3.05, 3.63) is 117 Å². The van der Waals surface area contributed by atoms with Crippen LogP contribution in [0, 0.1) is 19.7 Å². The van der Waals surface area contributed by atoms with Gasteiger partial charge in [-0.1, -0.05) is 24.3 Å². The zero-order valence-electron chi connectivity index (χ0n) is 21.6. The largest absolute Gasteiger partial charge is 0.497 e. The summed E-state index contributed by atoms with van der Waals surface area (Å²) in [4.78, 5) is 18.1. The molecule has 0 amide bonds. The number of hydrogen-bond donors (Lipinski definition) is 1. The highest BCUT2D eigenvalue weighted by atomic mass is 19.1. The molecule has 0 saturated carbocycles. The highest BCUT2D eigenvalue weighted by Crippen LogP contribution is 2.19. The first-order valence-corrected chi connectivity index (χ1v) is 12.4. The van der Waals surface area contributed by atoms with Gasteiger partial charge in [0.15, 0.2) is 5.82 Å². The van der Waals surface area contributed by atoms with E-state index in [2.05, 4.69) is 38.4 Å². The van der Waals surface area contributed by atoms with Crippen LogP contribution in [0.25, 0.3) is 10.9 Å². The summed E-state index contributed by atoms with van der Waals surface area (Å²) in [6, 6.07) is 20.1. The van der Waals surface area contributed by atoms with E-state index in [-0.39, 0.29) is 11.4 Å². The Morgan fingerprint density at radius 2 is 1.63 bits per heavy atom. The normalized spacial score (nSPS) is 11.4. The minimum atomic E-state index is -0.291. The van der Waals surface area contributed by atoms with Crippen LogP contribution in [-0.4, -0.2) is 37.2 Å². The Morgan fingerprint density at radius 1 is 0.921 bits per heavy atom. The summed E-state index contributed by atoms with van der Waals surface area (Å²) in [5.41, 5.74) is 5.55. The summed E-state index contributed by atoms with van der Waals surface area (Å²) in [6.07, 6.45) is 0. The van der Waals surface area contributed by atoms with Crippen LogP contribution in [0.3, 0.4) is 0 Å². The number of hydrogen-bond acceptors (Lipinski definition) is 6. The van der Waals surface area contributed by atoms with E-state index in [0.29, 0.717) is 37.6 Å². The number of tetrazole rings is 1. The van der Waals surface area contributed by atoms with Crippen molar-refractivity contribution in [1.29, 1.82) is 0 Å². The first-order chi connectivity index (χ1) is 18.4. The Morgan fingerprint density at radius 3 is 2.37 bits per heavy atom. The Hall–Kier alpha value is -4.37. The molecule has 0 saturated heterocycles. The minimum Gasteiger partial charge on any atom is -0.497 e. The Balaban J connectivity index is 1.43. The first-order valence-electron chi connectivity index (χ1n) is 12.4. The molecule has 0 unspecified atom stereocenters. The molecule has 38 heavy (non-hydrogen) atoms. The van der Waals surface area contributed by atoms with Gasteiger partial charge >= 0.3 is 0 Å². The third kappa shape index (κ3) is 5.78. The zero-order valence-corrected chi connectivity index (χ0v) is 21.6. The molecule has 0 aliphatic heterocycles. The molecule has 0 atom stereocenters. The van der Waals surface area contributed by atoms with Crippen LogP contribution in [0.5, 0.6) is 5.75 Å². The lowest BCUT2D eigenvalue weighted by Crippen LogP contribution is -2.28. The number of rotatable bonds is 9. The predicted octanol–water partition coefficient (Wildman–Crippen LogP) is 4.53. The van der Waals surface area contributed by atoms with Gasteiger partial charge in [-0.3, -0.25) is 9.69 Å². The quantitative estimate of drug-likeness (QED) is 0.312. The maximum absolute atomic E-state index is 13.5. The summed E-state index contributed by atoms with van der Waals surface area (Å²) < 4.78 is 20.5. The fourth-order valence-electron chi connectivity index (χ4n) is 4.46. The van der Waals surface area contributed by atoms with Gasteiger partial charge in [-0.15, -0.1) is 5.10 Å². The number of aryl methyl sites for hydroxylation is 2. The van der Waals surface area contributed by atoms with Crippen molar-refractivity contribution in [3.8, 4) is 5.75 Å². The van der Waals surface area contributed by atoms with E-state index < -0.39 is 0 Å². The fraction of sp³-hybridized carbons (Fsp3) is 0.241. The lowest BCUT2D eigenvalue weighted by molar-refractivity contribution is 0.236. The van der Waals surface area contributed by atoms with Crippen LogP contribution in [0.2, 0.25) is 0 Å². The third-order valence-electron chi connectivity index (χ3n) is 6.71. The molecule has 194 valence electrons. The van der Waals surface area contributed by atoms with Crippen LogP contribution in [0.1, 0.15) is 33.6 Å². The number of halogens is 1. The molecule has 0 aliphatic carbocycles. The van der Waals surface area contributed by atoms with Gasteiger partial charge in [0.2, 0.25) is 0 Å². The second-order valence-corrected chi connectivity index (χ2v) is 9.52. The molecule has 2 aromatic heterocycles. The number of methoxy groups -OCH3 is 1. The van der Waals surface area contributed by atoms with Crippen molar-refractivity contribution in [3.63, 3.8) is 0 Å². The van der Waals surface area contributed by atoms with Crippen molar-refractivity contribution in [2.24, 2.45) is 0 Å². The second-order valence-electron chi connectivity index (χ2n) is 9.52. The van der Waals surface area contributed by atoms with E-state index in [9.17, 15) is 9.18 Å². The molecule has 5 aromatic rings. The minimum absolute atomic E-state index is 0.136. The summed E-state index contributed by atoms with van der Waals surface area (Å²) in [5.74, 6) is 1.15. The molecular weight excluding hydrogens is 483 g/mol. The molecule has 8 nitrogen and oxygen atoms in total. The van der Waals surface area contributed by atoms with Gasteiger partial charge in [0.25, 0.3) is 5.56 Å². The molecule has 0 spiro atoms. The van der Waals surface area contributed by atoms with Gasteiger partial charge in [-0.2, -0.15) is 0 Å². The third-order valence-corrected chi connectivity index (χ3v) is 6.71. The molecule has 0 fully saturated rings. The number of fused-ring (bicyclic) bond motifs is 1. The van der Waals surface area contributed by atoms with Crippen molar-refractivity contribution in [2.45, 2.75) is 40.0 Å². The number of nitrogens with zero attached hydrogens (tertiary/aromatic N) is 5. The van der Waals surface area contributed by atoms with E-state index in [1.54, 1.807) is 23.9 Å².